The minimum atomic E-state index is -1.01. The zero-order valence-electron chi connectivity index (χ0n) is 9.03. The molecule has 1 atom stereocenters. The third-order valence-corrected chi connectivity index (χ3v) is 1.98. The second-order valence-corrected chi connectivity index (χ2v) is 3.42. The third-order valence-electron chi connectivity index (χ3n) is 1.98. The summed E-state index contributed by atoms with van der Waals surface area (Å²) in [5.41, 5.74) is 0. The molecule has 0 fully saturated rings. The normalized spacial score (nSPS) is 11.8. The molecule has 0 aliphatic carbocycles. The van der Waals surface area contributed by atoms with Crippen LogP contribution in [0.5, 0.6) is 0 Å². The Kier molecular flexibility index (Phi) is 7.32. The highest BCUT2D eigenvalue weighted by Gasteiger charge is 2.05. The van der Waals surface area contributed by atoms with E-state index in [1.165, 1.54) is 0 Å². The Morgan fingerprint density at radius 1 is 1.40 bits per heavy atom. The van der Waals surface area contributed by atoms with E-state index in [0.29, 0.717) is 6.42 Å². The molecule has 0 bridgehead atoms. The largest absolute Gasteiger partial charge is 0.550 e. The Balaban J connectivity index is 3.38. The van der Waals surface area contributed by atoms with Gasteiger partial charge in [-0.2, -0.15) is 0 Å². The molecule has 4 heteroatoms. The predicted octanol–water partition coefficient (Wildman–Crippen LogP) is 0.804. The SMILES string of the molecule is C=CC(=O)OC(C)CCCCCC(=O)[O-]. The lowest BCUT2D eigenvalue weighted by Crippen LogP contribution is -2.21. The van der Waals surface area contributed by atoms with Gasteiger partial charge in [0, 0.05) is 12.0 Å². The van der Waals surface area contributed by atoms with Crippen molar-refractivity contribution in [1.82, 2.24) is 0 Å². The van der Waals surface area contributed by atoms with E-state index in [-0.39, 0.29) is 12.5 Å². The quantitative estimate of drug-likeness (QED) is 0.340. The standard InChI is InChI=1S/C11H18O4/c1-3-11(14)15-9(2)7-5-4-6-8-10(12)13/h3,9H,1,4-8H2,2H3,(H,12,13)/p-1. The molecule has 0 aliphatic rings. The van der Waals surface area contributed by atoms with E-state index < -0.39 is 11.9 Å². The van der Waals surface area contributed by atoms with Crippen LogP contribution >= 0.6 is 0 Å². The van der Waals surface area contributed by atoms with E-state index in [1.54, 1.807) is 6.92 Å². The van der Waals surface area contributed by atoms with Crippen LogP contribution in [-0.4, -0.2) is 18.0 Å². The van der Waals surface area contributed by atoms with Crippen molar-refractivity contribution < 1.29 is 19.4 Å². The Labute approximate surface area is 89.9 Å². The highest BCUT2D eigenvalue weighted by molar-refractivity contribution is 5.81. The number of carbonyl (C=O) groups excluding carboxylic acids is 2. The number of aliphatic carboxylic acids is 1. The fraction of sp³-hybridized carbons (Fsp3) is 0.636. The van der Waals surface area contributed by atoms with Crippen LogP contribution in [0.1, 0.15) is 39.0 Å². The molecule has 0 saturated heterocycles. The van der Waals surface area contributed by atoms with Gasteiger partial charge in [-0.25, -0.2) is 4.79 Å². The molecule has 0 heterocycles. The van der Waals surface area contributed by atoms with E-state index in [4.69, 9.17) is 4.74 Å². The van der Waals surface area contributed by atoms with E-state index >= 15 is 0 Å². The number of rotatable bonds is 8. The summed E-state index contributed by atoms with van der Waals surface area (Å²) in [5.74, 6) is -1.43. The molecule has 0 aromatic carbocycles. The van der Waals surface area contributed by atoms with Crippen LogP contribution in [0.2, 0.25) is 0 Å². The number of carboxylic acids is 1. The number of hydrogen-bond donors (Lipinski definition) is 0. The highest BCUT2D eigenvalue weighted by Crippen LogP contribution is 2.08. The summed E-state index contributed by atoms with van der Waals surface area (Å²) >= 11 is 0. The van der Waals surface area contributed by atoms with Crippen molar-refractivity contribution in [3.05, 3.63) is 12.7 Å². The summed E-state index contributed by atoms with van der Waals surface area (Å²) in [4.78, 5) is 20.9. The number of hydrogen-bond acceptors (Lipinski definition) is 4. The van der Waals surface area contributed by atoms with Gasteiger partial charge in [0.15, 0.2) is 0 Å². The topological polar surface area (TPSA) is 66.4 Å². The molecule has 0 N–H and O–H groups in total. The number of unbranched alkanes of at least 4 members (excludes halogenated alkanes) is 2. The maximum absolute atomic E-state index is 10.8. The number of carbonyl (C=O) groups is 2. The van der Waals surface area contributed by atoms with Gasteiger partial charge in [0.25, 0.3) is 0 Å². The van der Waals surface area contributed by atoms with Crippen molar-refractivity contribution in [2.45, 2.75) is 45.1 Å². The van der Waals surface area contributed by atoms with Crippen LogP contribution in [0.15, 0.2) is 12.7 Å². The molecule has 0 spiro atoms. The summed E-state index contributed by atoms with van der Waals surface area (Å²) in [7, 11) is 0. The lowest BCUT2D eigenvalue weighted by atomic mass is 10.1. The average Bonchev–Trinajstić information content (AvgIpc) is 2.16. The smallest absolute Gasteiger partial charge is 0.330 e. The Morgan fingerprint density at radius 2 is 2.07 bits per heavy atom. The van der Waals surface area contributed by atoms with Gasteiger partial charge >= 0.3 is 5.97 Å². The Hall–Kier alpha value is -1.32. The van der Waals surface area contributed by atoms with E-state index in [1.807, 2.05) is 0 Å². The summed E-state index contributed by atoms with van der Waals surface area (Å²) < 4.78 is 4.94. The molecule has 0 rings (SSSR count). The van der Waals surface area contributed by atoms with Gasteiger partial charge < -0.3 is 14.6 Å². The van der Waals surface area contributed by atoms with E-state index in [9.17, 15) is 14.7 Å². The molecular weight excluding hydrogens is 196 g/mol. The molecule has 1 unspecified atom stereocenters. The maximum atomic E-state index is 10.8. The highest BCUT2D eigenvalue weighted by atomic mass is 16.5. The molecule has 0 saturated carbocycles. The zero-order chi connectivity index (χ0) is 11.7. The van der Waals surface area contributed by atoms with Crippen LogP contribution in [0.3, 0.4) is 0 Å². The van der Waals surface area contributed by atoms with Gasteiger partial charge in [0.05, 0.1) is 6.10 Å². The average molecular weight is 213 g/mol. The molecule has 0 aromatic heterocycles. The van der Waals surface area contributed by atoms with E-state index in [2.05, 4.69) is 6.58 Å². The fourth-order valence-corrected chi connectivity index (χ4v) is 1.18. The van der Waals surface area contributed by atoms with Crippen LogP contribution in [0, 0.1) is 0 Å². The van der Waals surface area contributed by atoms with Crippen molar-refractivity contribution in [1.29, 1.82) is 0 Å². The minimum absolute atomic E-state index is 0.0980. The molecule has 4 nitrogen and oxygen atoms in total. The first-order chi connectivity index (χ1) is 7.06. The van der Waals surface area contributed by atoms with Gasteiger partial charge in [-0.15, -0.1) is 0 Å². The number of ether oxygens (including phenoxy) is 1. The molecular formula is C11H17O4-. The fourth-order valence-electron chi connectivity index (χ4n) is 1.18. The van der Waals surface area contributed by atoms with Gasteiger partial charge in [0.1, 0.15) is 0 Å². The van der Waals surface area contributed by atoms with Crippen molar-refractivity contribution in [3.8, 4) is 0 Å². The first-order valence-electron chi connectivity index (χ1n) is 5.09. The first kappa shape index (κ1) is 13.7. The third kappa shape index (κ3) is 9.00. The second kappa shape index (κ2) is 8.03. The van der Waals surface area contributed by atoms with Crippen molar-refractivity contribution >= 4 is 11.9 Å². The molecule has 86 valence electrons. The molecule has 0 amide bonds. The van der Waals surface area contributed by atoms with E-state index in [0.717, 1.165) is 25.3 Å². The van der Waals surface area contributed by atoms with Crippen molar-refractivity contribution in [3.63, 3.8) is 0 Å². The van der Waals surface area contributed by atoms with Gasteiger partial charge in [-0.1, -0.05) is 13.0 Å². The van der Waals surface area contributed by atoms with Gasteiger partial charge in [-0.3, -0.25) is 0 Å². The lowest BCUT2D eigenvalue weighted by Gasteiger charge is -2.11. The monoisotopic (exact) mass is 213 g/mol. The summed E-state index contributed by atoms with van der Waals surface area (Å²) in [6.45, 7) is 5.10. The van der Waals surface area contributed by atoms with Crippen molar-refractivity contribution in [2.24, 2.45) is 0 Å². The molecule has 0 radical (unpaired) electrons. The maximum Gasteiger partial charge on any atom is 0.330 e. The lowest BCUT2D eigenvalue weighted by molar-refractivity contribution is -0.305. The molecule has 15 heavy (non-hydrogen) atoms. The van der Waals surface area contributed by atoms with Crippen LogP contribution in [0.25, 0.3) is 0 Å². The van der Waals surface area contributed by atoms with Crippen LogP contribution in [0.4, 0.5) is 0 Å². The summed E-state index contributed by atoms with van der Waals surface area (Å²) in [6, 6.07) is 0. The second-order valence-electron chi connectivity index (χ2n) is 3.42. The Bertz CT molecular complexity index is 223. The van der Waals surface area contributed by atoms with Crippen LogP contribution < -0.4 is 5.11 Å². The first-order valence-corrected chi connectivity index (χ1v) is 5.09. The zero-order valence-corrected chi connectivity index (χ0v) is 9.03. The summed E-state index contributed by atoms with van der Waals surface area (Å²) in [6.07, 6.45) is 4.10. The minimum Gasteiger partial charge on any atom is -0.550 e. The predicted molar refractivity (Wildman–Crippen MR) is 53.8 cm³/mol. The Morgan fingerprint density at radius 3 is 2.60 bits per heavy atom. The summed E-state index contributed by atoms with van der Waals surface area (Å²) in [5, 5.41) is 10.1. The van der Waals surface area contributed by atoms with Gasteiger partial charge in [0.2, 0.25) is 0 Å². The number of esters is 1. The molecule has 0 aromatic rings. The van der Waals surface area contributed by atoms with Crippen molar-refractivity contribution in [2.75, 3.05) is 0 Å². The number of carboxylic acid groups (broad SMARTS) is 1. The van der Waals surface area contributed by atoms with Crippen LogP contribution in [-0.2, 0) is 14.3 Å². The molecule has 0 aliphatic heterocycles. The van der Waals surface area contributed by atoms with Gasteiger partial charge in [-0.05, 0) is 32.6 Å².